The molecule has 1 aromatic heterocycles. The van der Waals surface area contributed by atoms with Gasteiger partial charge in [0.15, 0.2) is 6.10 Å². The van der Waals surface area contributed by atoms with Crippen LogP contribution in [0.3, 0.4) is 0 Å². The van der Waals surface area contributed by atoms with Crippen LogP contribution in [0, 0.1) is 0 Å². The van der Waals surface area contributed by atoms with Crippen LogP contribution >= 0.6 is 11.3 Å². The van der Waals surface area contributed by atoms with E-state index in [0.29, 0.717) is 23.5 Å². The summed E-state index contributed by atoms with van der Waals surface area (Å²) in [6.07, 6.45) is -0.661. The summed E-state index contributed by atoms with van der Waals surface area (Å²) in [7, 11) is -3.74. The molecule has 8 nitrogen and oxygen atoms in total. The van der Waals surface area contributed by atoms with E-state index in [1.54, 1.807) is 46.7 Å². The van der Waals surface area contributed by atoms with E-state index in [-0.39, 0.29) is 34.8 Å². The van der Waals surface area contributed by atoms with E-state index in [0.717, 1.165) is 16.9 Å². The number of sulfonamides is 1. The number of thiazole rings is 1. The topological polar surface area (TPSA) is 88.9 Å². The first kappa shape index (κ1) is 23.5. The SMILES string of the molecule is CC(Oc1ccccc1)C(=O)N1CCN(S(=O)(=O)c2ccc3c(c2)sc(=O)n3C(C)C)CC1. The molecule has 1 fully saturated rings. The average Bonchev–Trinajstić information content (AvgIpc) is 3.14. The van der Waals surface area contributed by atoms with Gasteiger partial charge in [-0.1, -0.05) is 29.5 Å². The molecular formula is C23H27N3O5S2. The van der Waals surface area contributed by atoms with Gasteiger partial charge in [0, 0.05) is 32.2 Å². The Morgan fingerprint density at radius 3 is 2.30 bits per heavy atom. The van der Waals surface area contributed by atoms with Crippen molar-refractivity contribution in [2.24, 2.45) is 0 Å². The van der Waals surface area contributed by atoms with Gasteiger partial charge in [-0.25, -0.2) is 8.42 Å². The van der Waals surface area contributed by atoms with Crippen molar-refractivity contribution in [2.45, 2.75) is 37.8 Å². The van der Waals surface area contributed by atoms with E-state index < -0.39 is 16.1 Å². The molecule has 0 bridgehead atoms. The Morgan fingerprint density at radius 2 is 1.67 bits per heavy atom. The number of carbonyl (C=O) groups excluding carboxylic acids is 1. The monoisotopic (exact) mass is 489 g/mol. The van der Waals surface area contributed by atoms with E-state index >= 15 is 0 Å². The smallest absolute Gasteiger partial charge is 0.308 e. The standard InChI is InChI=1S/C23H27N3O5S2/c1-16(2)26-20-10-9-19(15-21(20)32-23(26)28)33(29,30)25-13-11-24(12-14-25)22(27)17(3)31-18-7-5-4-6-8-18/h4-10,15-17H,11-14H2,1-3H3. The van der Waals surface area contributed by atoms with Crippen LogP contribution in [0.5, 0.6) is 5.75 Å². The lowest BCUT2D eigenvalue weighted by Gasteiger charge is -2.35. The number of nitrogens with zero attached hydrogens (tertiary/aromatic N) is 3. The summed E-state index contributed by atoms with van der Waals surface area (Å²) in [5, 5.41) is 0. The number of fused-ring (bicyclic) bond motifs is 1. The zero-order valence-corrected chi connectivity index (χ0v) is 20.4. The zero-order valence-electron chi connectivity index (χ0n) is 18.8. The fourth-order valence-corrected chi connectivity index (χ4v) is 6.55. The predicted octanol–water partition coefficient (Wildman–Crippen LogP) is 2.94. The molecule has 1 atom stereocenters. The molecule has 1 aliphatic heterocycles. The van der Waals surface area contributed by atoms with E-state index in [4.69, 9.17) is 4.74 Å². The van der Waals surface area contributed by atoms with Crippen LogP contribution in [-0.4, -0.2) is 60.4 Å². The number of ether oxygens (including phenoxy) is 1. The number of hydrogen-bond donors (Lipinski definition) is 0. The Hall–Kier alpha value is -2.69. The van der Waals surface area contributed by atoms with Gasteiger partial charge in [-0.2, -0.15) is 4.31 Å². The molecule has 2 heterocycles. The molecule has 4 rings (SSSR count). The van der Waals surface area contributed by atoms with Crippen molar-refractivity contribution in [3.8, 4) is 5.75 Å². The number of carbonyl (C=O) groups is 1. The van der Waals surface area contributed by atoms with Gasteiger partial charge in [-0.05, 0) is 51.1 Å². The predicted molar refractivity (Wildman–Crippen MR) is 128 cm³/mol. The molecule has 10 heteroatoms. The van der Waals surface area contributed by atoms with Gasteiger partial charge in [0.1, 0.15) is 5.75 Å². The highest BCUT2D eigenvalue weighted by molar-refractivity contribution is 7.89. The van der Waals surface area contributed by atoms with Gasteiger partial charge in [-0.15, -0.1) is 0 Å². The highest BCUT2D eigenvalue weighted by Crippen LogP contribution is 2.26. The lowest BCUT2D eigenvalue weighted by Crippen LogP contribution is -2.53. The van der Waals surface area contributed by atoms with Crippen molar-refractivity contribution in [3.63, 3.8) is 0 Å². The van der Waals surface area contributed by atoms with E-state index in [1.807, 2.05) is 32.0 Å². The largest absolute Gasteiger partial charge is 0.481 e. The minimum Gasteiger partial charge on any atom is -0.481 e. The molecule has 0 saturated carbocycles. The molecule has 1 unspecified atom stereocenters. The Labute approximate surface area is 197 Å². The molecular weight excluding hydrogens is 462 g/mol. The second kappa shape index (κ2) is 9.28. The number of amides is 1. The van der Waals surface area contributed by atoms with Crippen LogP contribution in [0.4, 0.5) is 0 Å². The van der Waals surface area contributed by atoms with E-state index in [9.17, 15) is 18.0 Å². The highest BCUT2D eigenvalue weighted by atomic mass is 32.2. The molecule has 0 radical (unpaired) electrons. The van der Waals surface area contributed by atoms with E-state index in [2.05, 4.69) is 0 Å². The van der Waals surface area contributed by atoms with Crippen molar-refractivity contribution in [3.05, 3.63) is 58.2 Å². The third-order valence-corrected chi connectivity index (χ3v) is 8.51. The number of piperazine rings is 1. The van der Waals surface area contributed by atoms with Crippen LogP contribution in [-0.2, 0) is 14.8 Å². The maximum atomic E-state index is 13.2. The van der Waals surface area contributed by atoms with E-state index in [1.165, 1.54) is 4.31 Å². The minimum absolute atomic E-state index is 0.00687. The molecule has 176 valence electrons. The summed E-state index contributed by atoms with van der Waals surface area (Å²) in [6.45, 7) is 6.53. The summed E-state index contributed by atoms with van der Waals surface area (Å²) < 4.78 is 35.9. The first-order valence-corrected chi connectivity index (χ1v) is 13.1. The number of rotatable bonds is 6. The quantitative estimate of drug-likeness (QED) is 0.531. The first-order valence-electron chi connectivity index (χ1n) is 10.8. The van der Waals surface area contributed by atoms with Crippen molar-refractivity contribution < 1.29 is 17.9 Å². The lowest BCUT2D eigenvalue weighted by molar-refractivity contribution is -0.139. The molecule has 0 aliphatic carbocycles. The van der Waals surface area contributed by atoms with Crippen molar-refractivity contribution in [1.29, 1.82) is 0 Å². The van der Waals surface area contributed by atoms with Crippen molar-refractivity contribution in [2.75, 3.05) is 26.2 Å². The fourth-order valence-electron chi connectivity index (χ4n) is 3.97. The normalized spacial score (nSPS) is 16.3. The lowest BCUT2D eigenvalue weighted by atomic mass is 10.3. The van der Waals surface area contributed by atoms with Gasteiger partial charge in [-0.3, -0.25) is 14.2 Å². The van der Waals surface area contributed by atoms with Gasteiger partial charge in [0.25, 0.3) is 5.91 Å². The molecule has 1 aliphatic rings. The van der Waals surface area contributed by atoms with Gasteiger partial charge < -0.3 is 9.64 Å². The summed E-state index contributed by atoms with van der Waals surface area (Å²) >= 11 is 1.05. The maximum absolute atomic E-state index is 13.2. The Bertz CT molecular complexity index is 1310. The first-order chi connectivity index (χ1) is 15.7. The fraction of sp³-hybridized carbons (Fsp3) is 0.391. The maximum Gasteiger partial charge on any atom is 0.308 e. The molecule has 1 saturated heterocycles. The molecule has 2 aromatic carbocycles. The average molecular weight is 490 g/mol. The van der Waals surface area contributed by atoms with Crippen LogP contribution < -0.4 is 9.61 Å². The molecule has 0 N–H and O–H groups in total. The summed E-state index contributed by atoms with van der Waals surface area (Å²) in [6, 6.07) is 13.9. The number of aromatic nitrogens is 1. The Morgan fingerprint density at radius 1 is 1.00 bits per heavy atom. The molecule has 1 amide bonds. The number of benzene rings is 2. The van der Waals surface area contributed by atoms with Crippen LogP contribution in [0.2, 0.25) is 0 Å². The molecule has 0 spiro atoms. The van der Waals surface area contributed by atoms with Crippen molar-refractivity contribution in [1.82, 2.24) is 13.8 Å². The van der Waals surface area contributed by atoms with Gasteiger partial charge in [0.05, 0.1) is 15.1 Å². The van der Waals surface area contributed by atoms with Crippen LogP contribution in [0.1, 0.15) is 26.8 Å². The summed E-state index contributed by atoms with van der Waals surface area (Å²) in [5.41, 5.74) is 0.738. The Balaban J connectivity index is 1.44. The van der Waals surface area contributed by atoms with Gasteiger partial charge in [0.2, 0.25) is 10.0 Å². The van der Waals surface area contributed by atoms with Crippen LogP contribution in [0.15, 0.2) is 58.2 Å². The zero-order chi connectivity index (χ0) is 23.8. The minimum atomic E-state index is -3.74. The highest BCUT2D eigenvalue weighted by Gasteiger charge is 2.32. The third-order valence-electron chi connectivity index (χ3n) is 5.69. The number of para-hydroxylation sites is 1. The molecule has 3 aromatic rings. The second-order valence-electron chi connectivity index (χ2n) is 8.26. The van der Waals surface area contributed by atoms with Crippen molar-refractivity contribution >= 4 is 37.5 Å². The van der Waals surface area contributed by atoms with Crippen LogP contribution in [0.25, 0.3) is 10.2 Å². The number of hydrogen-bond acceptors (Lipinski definition) is 6. The second-order valence-corrected chi connectivity index (χ2v) is 11.2. The third kappa shape index (κ3) is 4.68. The summed E-state index contributed by atoms with van der Waals surface area (Å²) in [4.78, 5) is 26.7. The molecule has 33 heavy (non-hydrogen) atoms. The van der Waals surface area contributed by atoms with Gasteiger partial charge >= 0.3 is 4.87 Å². The Kier molecular flexibility index (Phi) is 6.60. The summed E-state index contributed by atoms with van der Waals surface area (Å²) in [5.74, 6) is 0.445.